The van der Waals surface area contributed by atoms with Crippen molar-refractivity contribution in [2.24, 2.45) is 0 Å². The van der Waals surface area contributed by atoms with Crippen LogP contribution in [0.25, 0.3) is 0 Å². The quantitative estimate of drug-likeness (QED) is 0.608. The number of benzene rings is 1. The first kappa shape index (κ1) is 18.6. The molecule has 2 N–H and O–H groups in total. The molecule has 1 aliphatic rings. The highest BCUT2D eigenvalue weighted by molar-refractivity contribution is 7.99. The number of hydrogen-bond acceptors (Lipinski definition) is 5. The lowest BCUT2D eigenvalue weighted by molar-refractivity contribution is 0.174. The highest BCUT2D eigenvalue weighted by Crippen LogP contribution is 2.17. The third-order valence-corrected chi connectivity index (χ3v) is 5.26. The van der Waals surface area contributed by atoms with Gasteiger partial charge in [0.05, 0.1) is 13.2 Å². The van der Waals surface area contributed by atoms with Crippen molar-refractivity contribution in [3.8, 4) is 5.75 Å². The van der Waals surface area contributed by atoms with E-state index in [1.54, 1.807) is 7.11 Å². The Hall–Kier alpha value is -0.750. The van der Waals surface area contributed by atoms with E-state index in [1.165, 1.54) is 50.4 Å². The molecular formula is C18H30N2O2S. The molecule has 23 heavy (non-hydrogen) atoms. The predicted molar refractivity (Wildman–Crippen MR) is 98.2 cm³/mol. The zero-order chi connectivity index (χ0) is 16.3. The van der Waals surface area contributed by atoms with Gasteiger partial charge in [0.15, 0.2) is 0 Å². The summed E-state index contributed by atoms with van der Waals surface area (Å²) in [6.07, 6.45) is 4.63. The number of nitrogens with one attached hydrogen (secondary N) is 1. The maximum Gasteiger partial charge on any atom is 0.118 e. The van der Waals surface area contributed by atoms with Crippen LogP contribution < -0.4 is 10.1 Å². The third-order valence-electron chi connectivity index (χ3n) is 4.24. The minimum absolute atomic E-state index is 0.450. The van der Waals surface area contributed by atoms with Crippen LogP contribution in [-0.2, 0) is 0 Å². The number of methoxy groups -OCH3 is 1. The van der Waals surface area contributed by atoms with Crippen LogP contribution in [0.3, 0.4) is 0 Å². The standard InChI is InChI=1S/C18H30N2O2S/c1-22-17-8-6-16(7-9-17)18(21)14-19-10-4-2-3-5-11-20-12-13-23-15-20/h6-9,18-19,21H,2-5,10-15H2,1H3. The summed E-state index contributed by atoms with van der Waals surface area (Å²) in [5, 5.41) is 13.5. The Bertz CT molecular complexity index is 422. The number of thioether (sulfide) groups is 1. The van der Waals surface area contributed by atoms with E-state index < -0.39 is 6.10 Å². The SMILES string of the molecule is COc1ccc(C(O)CNCCCCCCN2CCSC2)cc1. The van der Waals surface area contributed by atoms with Crippen LogP contribution in [0.2, 0.25) is 0 Å². The largest absolute Gasteiger partial charge is 0.497 e. The van der Waals surface area contributed by atoms with Gasteiger partial charge in [-0.25, -0.2) is 0 Å². The molecule has 2 rings (SSSR count). The molecule has 1 fully saturated rings. The van der Waals surface area contributed by atoms with E-state index >= 15 is 0 Å². The fourth-order valence-electron chi connectivity index (χ4n) is 2.75. The van der Waals surface area contributed by atoms with Crippen LogP contribution in [0.5, 0.6) is 5.75 Å². The number of ether oxygens (including phenoxy) is 1. The summed E-state index contributed by atoms with van der Waals surface area (Å²) in [4.78, 5) is 2.55. The molecule has 1 aromatic rings. The summed E-state index contributed by atoms with van der Waals surface area (Å²) >= 11 is 2.05. The van der Waals surface area contributed by atoms with Gasteiger partial charge in [0.25, 0.3) is 0 Å². The zero-order valence-electron chi connectivity index (χ0n) is 14.2. The van der Waals surface area contributed by atoms with E-state index in [0.29, 0.717) is 6.54 Å². The molecule has 0 aliphatic carbocycles. The van der Waals surface area contributed by atoms with E-state index in [9.17, 15) is 5.11 Å². The first-order valence-electron chi connectivity index (χ1n) is 8.62. The number of hydrogen-bond donors (Lipinski definition) is 2. The molecule has 0 spiro atoms. The maximum absolute atomic E-state index is 10.1. The zero-order valence-corrected chi connectivity index (χ0v) is 15.0. The van der Waals surface area contributed by atoms with Gasteiger partial charge in [-0.3, -0.25) is 4.90 Å². The summed E-state index contributed by atoms with van der Waals surface area (Å²) in [6.45, 7) is 4.12. The van der Waals surface area contributed by atoms with Gasteiger partial charge in [-0.2, -0.15) is 0 Å². The van der Waals surface area contributed by atoms with Gasteiger partial charge in [0.1, 0.15) is 5.75 Å². The van der Waals surface area contributed by atoms with Gasteiger partial charge in [-0.15, -0.1) is 11.8 Å². The molecule has 0 aromatic heterocycles. The molecule has 5 heteroatoms. The lowest BCUT2D eigenvalue weighted by atomic mass is 10.1. The van der Waals surface area contributed by atoms with Crippen molar-refractivity contribution >= 4 is 11.8 Å². The number of nitrogens with zero attached hydrogens (tertiary/aromatic N) is 1. The number of aliphatic hydroxyl groups excluding tert-OH is 1. The van der Waals surface area contributed by atoms with Gasteiger partial charge in [0, 0.05) is 24.7 Å². The Morgan fingerprint density at radius 3 is 2.70 bits per heavy atom. The van der Waals surface area contributed by atoms with Crippen LogP contribution in [0.1, 0.15) is 37.4 Å². The molecule has 1 saturated heterocycles. The van der Waals surface area contributed by atoms with Crippen LogP contribution in [-0.4, -0.2) is 54.9 Å². The predicted octanol–water partition coefficient (Wildman–Crippen LogP) is 2.88. The molecule has 1 unspecified atom stereocenters. The monoisotopic (exact) mass is 338 g/mol. The average molecular weight is 339 g/mol. The maximum atomic E-state index is 10.1. The van der Waals surface area contributed by atoms with Gasteiger partial charge in [-0.1, -0.05) is 25.0 Å². The summed E-state index contributed by atoms with van der Waals surface area (Å²) in [7, 11) is 1.65. The first-order valence-corrected chi connectivity index (χ1v) is 9.78. The molecule has 1 atom stereocenters. The minimum atomic E-state index is -0.450. The fourth-order valence-corrected chi connectivity index (χ4v) is 3.78. The van der Waals surface area contributed by atoms with E-state index in [0.717, 1.165) is 17.9 Å². The summed E-state index contributed by atoms with van der Waals surface area (Å²) in [5.74, 6) is 3.35. The third kappa shape index (κ3) is 7.12. The molecule has 130 valence electrons. The van der Waals surface area contributed by atoms with Crippen molar-refractivity contribution in [2.45, 2.75) is 31.8 Å². The summed E-state index contributed by atoms with van der Waals surface area (Å²) in [5.41, 5.74) is 0.932. The molecule has 4 nitrogen and oxygen atoms in total. The van der Waals surface area contributed by atoms with E-state index in [-0.39, 0.29) is 0 Å². The van der Waals surface area contributed by atoms with Crippen molar-refractivity contribution in [1.82, 2.24) is 10.2 Å². The Morgan fingerprint density at radius 2 is 2.00 bits per heavy atom. The summed E-state index contributed by atoms with van der Waals surface area (Å²) < 4.78 is 5.13. The number of rotatable bonds is 11. The minimum Gasteiger partial charge on any atom is -0.497 e. The number of aliphatic hydroxyl groups is 1. The van der Waals surface area contributed by atoms with Crippen molar-refractivity contribution in [3.05, 3.63) is 29.8 Å². The topological polar surface area (TPSA) is 44.7 Å². The van der Waals surface area contributed by atoms with Gasteiger partial charge in [-0.05, 0) is 43.6 Å². The molecule has 1 heterocycles. The van der Waals surface area contributed by atoms with Crippen molar-refractivity contribution in [3.63, 3.8) is 0 Å². The number of unbranched alkanes of at least 4 members (excludes halogenated alkanes) is 3. The second-order valence-corrected chi connectivity index (χ2v) is 7.14. The molecular weight excluding hydrogens is 308 g/mol. The molecule has 0 radical (unpaired) electrons. The van der Waals surface area contributed by atoms with Crippen LogP contribution in [0.4, 0.5) is 0 Å². The lowest BCUT2D eigenvalue weighted by Crippen LogP contribution is -2.22. The summed E-state index contributed by atoms with van der Waals surface area (Å²) in [6, 6.07) is 7.61. The first-order chi connectivity index (χ1) is 11.3. The molecule has 1 aromatic carbocycles. The normalized spacial score (nSPS) is 16.6. The highest BCUT2D eigenvalue weighted by Gasteiger charge is 2.10. The Morgan fingerprint density at radius 1 is 1.22 bits per heavy atom. The van der Waals surface area contributed by atoms with Crippen molar-refractivity contribution in [2.75, 3.05) is 44.9 Å². The molecule has 1 aliphatic heterocycles. The second kappa shape index (κ2) is 10.9. The Kier molecular flexibility index (Phi) is 8.82. The molecule has 0 amide bonds. The van der Waals surface area contributed by atoms with E-state index in [1.807, 2.05) is 36.0 Å². The van der Waals surface area contributed by atoms with Crippen LogP contribution in [0.15, 0.2) is 24.3 Å². The molecule has 0 saturated carbocycles. The lowest BCUT2D eigenvalue weighted by Gasteiger charge is -2.14. The highest BCUT2D eigenvalue weighted by atomic mass is 32.2. The Balaban J connectivity index is 1.46. The van der Waals surface area contributed by atoms with Crippen LogP contribution >= 0.6 is 11.8 Å². The molecule has 0 bridgehead atoms. The van der Waals surface area contributed by atoms with Gasteiger partial charge in [0.2, 0.25) is 0 Å². The van der Waals surface area contributed by atoms with Gasteiger partial charge < -0.3 is 15.2 Å². The average Bonchev–Trinajstić information content (AvgIpc) is 3.10. The van der Waals surface area contributed by atoms with Crippen LogP contribution in [0, 0.1) is 0 Å². The smallest absolute Gasteiger partial charge is 0.118 e. The van der Waals surface area contributed by atoms with Crippen molar-refractivity contribution < 1.29 is 9.84 Å². The van der Waals surface area contributed by atoms with Crippen molar-refractivity contribution in [1.29, 1.82) is 0 Å². The van der Waals surface area contributed by atoms with Gasteiger partial charge >= 0.3 is 0 Å². The van der Waals surface area contributed by atoms with E-state index in [4.69, 9.17) is 4.74 Å². The Labute approximate surface area is 144 Å². The fraction of sp³-hybridized carbons (Fsp3) is 0.667. The second-order valence-electron chi connectivity index (χ2n) is 6.06. The van der Waals surface area contributed by atoms with E-state index in [2.05, 4.69) is 10.2 Å².